The zero-order valence-electron chi connectivity index (χ0n) is 11.8. The SMILES string of the molecule is C=CCN(CCC(=O)O)C(=O)CCc1ccc(C)cc1. The first-order valence-electron chi connectivity index (χ1n) is 6.69. The molecule has 108 valence electrons. The van der Waals surface area contributed by atoms with Gasteiger partial charge in [0.1, 0.15) is 0 Å². The number of carboxylic acids is 1. The summed E-state index contributed by atoms with van der Waals surface area (Å²) in [5.74, 6) is -0.933. The Kier molecular flexibility index (Phi) is 6.50. The molecular formula is C16H21NO3. The number of nitrogens with zero attached hydrogens (tertiary/aromatic N) is 1. The summed E-state index contributed by atoms with van der Waals surface area (Å²) in [5, 5.41) is 8.68. The quantitative estimate of drug-likeness (QED) is 0.741. The highest BCUT2D eigenvalue weighted by Crippen LogP contribution is 2.07. The van der Waals surface area contributed by atoms with Gasteiger partial charge in [-0.1, -0.05) is 35.9 Å². The van der Waals surface area contributed by atoms with Crippen molar-refractivity contribution in [1.82, 2.24) is 4.90 Å². The topological polar surface area (TPSA) is 57.6 Å². The fourth-order valence-corrected chi connectivity index (χ4v) is 1.87. The summed E-state index contributed by atoms with van der Waals surface area (Å²) in [6, 6.07) is 8.06. The highest BCUT2D eigenvalue weighted by molar-refractivity contribution is 5.77. The van der Waals surface area contributed by atoms with Gasteiger partial charge in [0.05, 0.1) is 6.42 Å². The average molecular weight is 275 g/mol. The molecule has 0 unspecified atom stereocenters. The molecule has 0 atom stereocenters. The van der Waals surface area contributed by atoms with E-state index in [9.17, 15) is 9.59 Å². The minimum atomic E-state index is -0.898. The van der Waals surface area contributed by atoms with Gasteiger partial charge >= 0.3 is 5.97 Å². The van der Waals surface area contributed by atoms with Crippen LogP contribution >= 0.6 is 0 Å². The molecule has 4 heteroatoms. The Labute approximate surface area is 119 Å². The number of aryl methyl sites for hydroxylation is 2. The molecule has 0 aliphatic carbocycles. The van der Waals surface area contributed by atoms with E-state index < -0.39 is 5.97 Å². The summed E-state index contributed by atoms with van der Waals surface area (Å²) >= 11 is 0. The van der Waals surface area contributed by atoms with Crippen molar-refractivity contribution in [1.29, 1.82) is 0 Å². The van der Waals surface area contributed by atoms with Crippen molar-refractivity contribution in [3.63, 3.8) is 0 Å². The van der Waals surface area contributed by atoms with E-state index in [0.717, 1.165) is 5.56 Å². The number of rotatable bonds is 8. The minimum Gasteiger partial charge on any atom is -0.481 e. The number of amides is 1. The molecule has 0 saturated heterocycles. The maximum atomic E-state index is 12.1. The van der Waals surface area contributed by atoms with Crippen LogP contribution in [-0.2, 0) is 16.0 Å². The number of benzene rings is 1. The average Bonchev–Trinajstić information content (AvgIpc) is 2.42. The van der Waals surface area contributed by atoms with Crippen molar-refractivity contribution >= 4 is 11.9 Å². The van der Waals surface area contributed by atoms with E-state index in [-0.39, 0.29) is 18.9 Å². The Morgan fingerprint density at radius 1 is 1.25 bits per heavy atom. The van der Waals surface area contributed by atoms with E-state index in [4.69, 9.17) is 5.11 Å². The van der Waals surface area contributed by atoms with Gasteiger partial charge in [-0.3, -0.25) is 9.59 Å². The molecule has 0 fully saturated rings. The van der Waals surface area contributed by atoms with E-state index in [1.807, 2.05) is 31.2 Å². The van der Waals surface area contributed by atoms with Crippen LogP contribution in [0.5, 0.6) is 0 Å². The number of aliphatic carboxylic acids is 1. The predicted octanol–water partition coefficient (Wildman–Crippen LogP) is 2.42. The molecule has 1 rings (SSSR count). The van der Waals surface area contributed by atoms with Crippen molar-refractivity contribution in [3.05, 3.63) is 48.0 Å². The molecule has 0 aliphatic heterocycles. The lowest BCUT2D eigenvalue weighted by atomic mass is 10.1. The lowest BCUT2D eigenvalue weighted by molar-refractivity contribution is -0.138. The molecule has 1 aromatic carbocycles. The van der Waals surface area contributed by atoms with E-state index in [1.165, 1.54) is 10.5 Å². The molecule has 0 bridgehead atoms. The van der Waals surface area contributed by atoms with Crippen molar-refractivity contribution in [2.75, 3.05) is 13.1 Å². The van der Waals surface area contributed by atoms with Crippen LogP contribution in [0.25, 0.3) is 0 Å². The normalized spacial score (nSPS) is 10.1. The lowest BCUT2D eigenvalue weighted by Gasteiger charge is -2.20. The zero-order chi connectivity index (χ0) is 15.0. The highest BCUT2D eigenvalue weighted by atomic mass is 16.4. The summed E-state index contributed by atoms with van der Waals surface area (Å²) in [6.07, 6.45) is 2.63. The van der Waals surface area contributed by atoms with Crippen LogP contribution in [0.2, 0.25) is 0 Å². The molecule has 1 amide bonds. The van der Waals surface area contributed by atoms with Gasteiger partial charge in [-0.2, -0.15) is 0 Å². The fraction of sp³-hybridized carbons (Fsp3) is 0.375. The Hall–Kier alpha value is -2.10. The maximum absolute atomic E-state index is 12.1. The number of carboxylic acid groups (broad SMARTS) is 1. The monoisotopic (exact) mass is 275 g/mol. The van der Waals surface area contributed by atoms with Gasteiger partial charge in [-0.25, -0.2) is 0 Å². The third kappa shape index (κ3) is 5.69. The Morgan fingerprint density at radius 3 is 2.45 bits per heavy atom. The molecular weight excluding hydrogens is 254 g/mol. The summed E-state index contributed by atoms with van der Waals surface area (Å²) < 4.78 is 0. The molecule has 0 radical (unpaired) electrons. The molecule has 0 saturated carbocycles. The van der Waals surface area contributed by atoms with Crippen molar-refractivity contribution < 1.29 is 14.7 Å². The largest absolute Gasteiger partial charge is 0.481 e. The van der Waals surface area contributed by atoms with Gasteiger partial charge in [0.25, 0.3) is 0 Å². The third-order valence-electron chi connectivity index (χ3n) is 3.05. The third-order valence-corrected chi connectivity index (χ3v) is 3.05. The Balaban J connectivity index is 2.50. The molecule has 0 aliphatic rings. The van der Waals surface area contributed by atoms with Crippen LogP contribution in [0.15, 0.2) is 36.9 Å². The standard InChI is InChI=1S/C16H21NO3/c1-3-11-17(12-10-16(19)20)15(18)9-8-14-6-4-13(2)5-7-14/h3-7H,1,8-12H2,2H3,(H,19,20). The van der Waals surface area contributed by atoms with Crippen LogP contribution in [0, 0.1) is 6.92 Å². The van der Waals surface area contributed by atoms with Gasteiger partial charge in [0, 0.05) is 19.5 Å². The highest BCUT2D eigenvalue weighted by Gasteiger charge is 2.13. The van der Waals surface area contributed by atoms with Gasteiger partial charge in [-0.05, 0) is 18.9 Å². The summed E-state index contributed by atoms with van der Waals surface area (Å²) in [7, 11) is 0. The smallest absolute Gasteiger partial charge is 0.305 e. The number of carbonyl (C=O) groups excluding carboxylic acids is 1. The van der Waals surface area contributed by atoms with Gasteiger partial charge in [0.2, 0.25) is 5.91 Å². The van der Waals surface area contributed by atoms with E-state index >= 15 is 0 Å². The molecule has 1 aromatic rings. The summed E-state index contributed by atoms with van der Waals surface area (Å²) in [4.78, 5) is 24.2. The van der Waals surface area contributed by atoms with Gasteiger partial charge in [-0.15, -0.1) is 6.58 Å². The lowest BCUT2D eigenvalue weighted by Crippen LogP contribution is -2.33. The van der Waals surface area contributed by atoms with Crippen LogP contribution in [0.4, 0.5) is 0 Å². The number of hydrogen-bond acceptors (Lipinski definition) is 2. The maximum Gasteiger partial charge on any atom is 0.305 e. The minimum absolute atomic E-state index is 0.0354. The van der Waals surface area contributed by atoms with Gasteiger partial charge < -0.3 is 10.0 Å². The first-order chi connectivity index (χ1) is 9.52. The second-order valence-corrected chi connectivity index (χ2v) is 4.76. The molecule has 0 heterocycles. The Morgan fingerprint density at radius 2 is 1.90 bits per heavy atom. The van der Waals surface area contributed by atoms with E-state index in [0.29, 0.717) is 19.4 Å². The first kappa shape index (κ1) is 16.0. The van der Waals surface area contributed by atoms with Crippen molar-refractivity contribution in [2.24, 2.45) is 0 Å². The second-order valence-electron chi connectivity index (χ2n) is 4.76. The van der Waals surface area contributed by atoms with Crippen LogP contribution in [-0.4, -0.2) is 35.0 Å². The van der Waals surface area contributed by atoms with Gasteiger partial charge in [0.15, 0.2) is 0 Å². The number of carbonyl (C=O) groups is 2. The zero-order valence-corrected chi connectivity index (χ0v) is 11.8. The van der Waals surface area contributed by atoms with Crippen molar-refractivity contribution in [2.45, 2.75) is 26.2 Å². The summed E-state index contributed by atoms with van der Waals surface area (Å²) in [5.41, 5.74) is 2.30. The van der Waals surface area contributed by atoms with Crippen LogP contribution < -0.4 is 0 Å². The molecule has 0 aromatic heterocycles. The van der Waals surface area contributed by atoms with E-state index in [2.05, 4.69) is 6.58 Å². The summed E-state index contributed by atoms with van der Waals surface area (Å²) in [6.45, 7) is 6.24. The second kappa shape index (κ2) is 8.15. The fourth-order valence-electron chi connectivity index (χ4n) is 1.87. The van der Waals surface area contributed by atoms with Crippen molar-refractivity contribution in [3.8, 4) is 0 Å². The Bertz CT molecular complexity index is 465. The molecule has 0 spiro atoms. The number of hydrogen-bond donors (Lipinski definition) is 1. The molecule has 20 heavy (non-hydrogen) atoms. The predicted molar refractivity (Wildman–Crippen MR) is 78.5 cm³/mol. The molecule has 1 N–H and O–H groups in total. The van der Waals surface area contributed by atoms with Crippen LogP contribution in [0.3, 0.4) is 0 Å². The molecule has 4 nitrogen and oxygen atoms in total. The van der Waals surface area contributed by atoms with E-state index in [1.54, 1.807) is 6.08 Å². The first-order valence-corrected chi connectivity index (χ1v) is 6.69. The van der Waals surface area contributed by atoms with Crippen LogP contribution in [0.1, 0.15) is 24.0 Å².